The maximum Gasteiger partial charge on any atom is 0.312 e. The number of benzene rings is 4. The Kier molecular flexibility index (Phi) is 23.4. The average Bonchev–Trinajstić information content (AvgIpc) is 3.89. The van der Waals surface area contributed by atoms with Gasteiger partial charge in [-0.05, 0) is 131 Å². The summed E-state index contributed by atoms with van der Waals surface area (Å²) in [4.78, 5) is 49.1. The number of hydrogen-bond donors (Lipinski definition) is 0. The lowest BCUT2D eigenvalue weighted by atomic mass is 9.84. The Morgan fingerprint density at radius 1 is 0.405 bits per heavy atom. The predicted octanol–water partition coefficient (Wildman–Crippen LogP) is 15.1. The van der Waals surface area contributed by atoms with Gasteiger partial charge >= 0.3 is 23.9 Å². The standard InChI is InChI=1S/C17H24O3.C16H22O3.C16H24O2.C15H22O2/c1-4-16(2,3)15(18)20-17(10-12-19-13-11-17)14-8-6-5-7-9-14;1-4-15(2,3)14(17)19-16(10-11-18-12-16)13-8-6-5-7-9-13;1-6-15(3,4)14(17)18-16(5,7-2)13-11-9-8-10-12-13;1-6-14(2,3)13(16)17-15(4,5)12-10-8-7-9-11-12/h5-9H,4,10-13H2,1-3H3;5-9H,4,10-12H2,1-3H3;8-12H,6-7H2,1-5H3;7-11H,6H2,1-5H3. The first kappa shape index (κ1) is 63.0. The van der Waals surface area contributed by atoms with Gasteiger partial charge < -0.3 is 28.4 Å². The maximum atomic E-state index is 12.5. The Bertz CT molecular complexity index is 2310. The molecule has 0 aliphatic carbocycles. The normalized spacial score (nSPS) is 17.5. The summed E-state index contributed by atoms with van der Waals surface area (Å²) >= 11 is 0. The fraction of sp³-hybridized carbons (Fsp3) is 0.562. The summed E-state index contributed by atoms with van der Waals surface area (Å²) in [6.45, 7) is 33.6. The third-order valence-corrected chi connectivity index (χ3v) is 15.4. The highest BCUT2D eigenvalue weighted by atomic mass is 16.6. The van der Waals surface area contributed by atoms with Crippen molar-refractivity contribution in [3.8, 4) is 0 Å². The first-order valence-electron chi connectivity index (χ1n) is 27.0. The van der Waals surface area contributed by atoms with Gasteiger partial charge in [0.2, 0.25) is 0 Å². The molecule has 0 saturated carbocycles. The van der Waals surface area contributed by atoms with E-state index in [2.05, 4.69) is 0 Å². The van der Waals surface area contributed by atoms with Crippen LogP contribution in [0.15, 0.2) is 121 Å². The van der Waals surface area contributed by atoms with Crippen LogP contribution in [-0.2, 0) is 70.0 Å². The van der Waals surface area contributed by atoms with Crippen LogP contribution in [0.1, 0.15) is 184 Å². The maximum absolute atomic E-state index is 12.5. The number of esters is 4. The molecule has 2 fully saturated rings. The second kappa shape index (κ2) is 27.5. The zero-order chi connectivity index (χ0) is 55.5. The highest BCUT2D eigenvalue weighted by molar-refractivity contribution is 5.78. The number of rotatable bonds is 17. The molecule has 2 atom stereocenters. The van der Waals surface area contributed by atoms with Crippen LogP contribution < -0.4 is 0 Å². The summed E-state index contributed by atoms with van der Waals surface area (Å²) in [6.07, 6.45) is 6.03. The molecule has 4 aromatic rings. The molecular weight excluding hydrogens is 929 g/mol. The Hall–Kier alpha value is -5.32. The Morgan fingerprint density at radius 3 is 1.11 bits per heavy atom. The fourth-order valence-corrected chi connectivity index (χ4v) is 7.49. The van der Waals surface area contributed by atoms with Crippen LogP contribution in [0.4, 0.5) is 0 Å². The SMILES string of the molecule is CCC(C)(C)C(=O)OC(C)(C)c1ccccc1.CCC(C)(C)C(=O)OC(C)(CC)c1ccccc1.CCC(C)(C)C(=O)OC1(c2ccccc2)CCOC1.CCC(C)(C)C(=O)OC1(c2ccccc2)CCOCC1. The van der Waals surface area contributed by atoms with E-state index in [0.29, 0.717) is 26.4 Å². The topological polar surface area (TPSA) is 124 Å². The van der Waals surface area contributed by atoms with Crippen molar-refractivity contribution in [2.45, 2.75) is 185 Å². The molecule has 0 aromatic heterocycles. The Morgan fingerprint density at radius 2 is 0.730 bits per heavy atom. The molecule has 74 heavy (non-hydrogen) atoms. The third-order valence-electron chi connectivity index (χ3n) is 15.4. The number of ether oxygens (including phenoxy) is 6. The Labute approximate surface area is 446 Å². The van der Waals surface area contributed by atoms with Crippen LogP contribution in [-0.4, -0.2) is 50.3 Å². The van der Waals surface area contributed by atoms with Crippen molar-refractivity contribution in [1.29, 1.82) is 0 Å². The summed E-state index contributed by atoms with van der Waals surface area (Å²) in [5, 5.41) is 0. The molecule has 0 bridgehead atoms. The van der Waals surface area contributed by atoms with Crippen molar-refractivity contribution in [2.24, 2.45) is 21.7 Å². The predicted molar refractivity (Wildman–Crippen MR) is 296 cm³/mol. The molecule has 2 aliphatic rings. The zero-order valence-electron chi connectivity index (χ0n) is 48.1. The summed E-state index contributed by atoms with van der Waals surface area (Å²) in [7, 11) is 0. The van der Waals surface area contributed by atoms with Crippen LogP contribution in [0.5, 0.6) is 0 Å². The van der Waals surface area contributed by atoms with Crippen molar-refractivity contribution in [1.82, 2.24) is 0 Å². The second-order valence-corrected chi connectivity index (χ2v) is 23.0. The average molecular weight is 1020 g/mol. The van der Waals surface area contributed by atoms with E-state index in [1.54, 1.807) is 0 Å². The van der Waals surface area contributed by atoms with Gasteiger partial charge in [-0.2, -0.15) is 0 Å². The largest absolute Gasteiger partial charge is 0.454 e. The summed E-state index contributed by atoms with van der Waals surface area (Å²) in [6, 6.07) is 39.7. The van der Waals surface area contributed by atoms with Crippen molar-refractivity contribution in [2.75, 3.05) is 26.4 Å². The van der Waals surface area contributed by atoms with Gasteiger partial charge in [0.05, 0.1) is 48.1 Å². The minimum absolute atomic E-state index is 0.120. The van der Waals surface area contributed by atoms with E-state index in [-0.39, 0.29) is 23.9 Å². The van der Waals surface area contributed by atoms with Crippen molar-refractivity contribution < 1.29 is 47.6 Å². The van der Waals surface area contributed by atoms with E-state index in [1.807, 2.05) is 232 Å². The smallest absolute Gasteiger partial charge is 0.312 e. The lowest BCUT2D eigenvalue weighted by Gasteiger charge is -2.39. The second-order valence-electron chi connectivity index (χ2n) is 23.0. The molecule has 408 valence electrons. The van der Waals surface area contributed by atoms with Gasteiger partial charge in [-0.3, -0.25) is 19.2 Å². The molecule has 2 unspecified atom stereocenters. The first-order valence-corrected chi connectivity index (χ1v) is 27.0. The van der Waals surface area contributed by atoms with Gasteiger partial charge in [0.15, 0.2) is 5.60 Å². The molecular formula is C64H92O10. The lowest BCUT2D eigenvalue weighted by molar-refractivity contribution is -0.182. The summed E-state index contributed by atoms with van der Waals surface area (Å²) in [5.41, 5.74) is 0.162. The number of hydrogen-bond acceptors (Lipinski definition) is 10. The summed E-state index contributed by atoms with van der Waals surface area (Å²) < 4.78 is 34.2. The number of carbonyl (C=O) groups is 4. The van der Waals surface area contributed by atoms with Crippen molar-refractivity contribution in [3.63, 3.8) is 0 Å². The Balaban J connectivity index is 0.000000261. The van der Waals surface area contributed by atoms with Gasteiger partial charge in [0.25, 0.3) is 0 Å². The van der Waals surface area contributed by atoms with E-state index >= 15 is 0 Å². The van der Waals surface area contributed by atoms with Gasteiger partial charge in [-0.1, -0.05) is 156 Å². The van der Waals surface area contributed by atoms with Crippen LogP contribution in [0.2, 0.25) is 0 Å². The van der Waals surface area contributed by atoms with Crippen LogP contribution in [0, 0.1) is 21.7 Å². The molecule has 10 heteroatoms. The van der Waals surface area contributed by atoms with Gasteiger partial charge in [-0.25, -0.2) is 0 Å². The molecule has 0 amide bonds. The lowest BCUT2D eigenvalue weighted by Crippen LogP contribution is -2.41. The van der Waals surface area contributed by atoms with E-state index in [1.165, 1.54) is 0 Å². The molecule has 10 nitrogen and oxygen atoms in total. The van der Waals surface area contributed by atoms with Gasteiger partial charge in [0.1, 0.15) is 16.8 Å². The molecule has 4 aromatic carbocycles. The zero-order valence-corrected chi connectivity index (χ0v) is 48.1. The van der Waals surface area contributed by atoms with E-state index in [0.717, 1.165) is 73.6 Å². The van der Waals surface area contributed by atoms with Crippen LogP contribution in [0.25, 0.3) is 0 Å². The molecule has 2 saturated heterocycles. The van der Waals surface area contributed by atoms with Crippen molar-refractivity contribution >= 4 is 23.9 Å². The molecule has 0 spiro atoms. The fourth-order valence-electron chi connectivity index (χ4n) is 7.49. The molecule has 6 rings (SSSR count). The quantitative estimate of drug-likeness (QED) is 0.0746. The molecule has 2 heterocycles. The van der Waals surface area contributed by atoms with Crippen molar-refractivity contribution in [3.05, 3.63) is 144 Å². The molecule has 0 N–H and O–H groups in total. The van der Waals surface area contributed by atoms with Gasteiger partial charge in [-0.15, -0.1) is 0 Å². The summed E-state index contributed by atoms with van der Waals surface area (Å²) in [5.74, 6) is -0.540. The minimum Gasteiger partial charge on any atom is -0.454 e. The first-order chi connectivity index (χ1) is 34.6. The number of carbonyl (C=O) groups excluding carboxylic acids is 4. The van der Waals surface area contributed by atoms with E-state index in [9.17, 15) is 19.2 Å². The minimum atomic E-state index is -0.606. The third kappa shape index (κ3) is 17.4. The molecule has 2 aliphatic heterocycles. The van der Waals surface area contributed by atoms with Gasteiger partial charge in [0, 0.05) is 19.3 Å². The highest BCUT2D eigenvalue weighted by Crippen LogP contribution is 2.40. The van der Waals surface area contributed by atoms with Crippen LogP contribution >= 0.6 is 0 Å². The van der Waals surface area contributed by atoms with E-state index < -0.39 is 44.1 Å². The van der Waals surface area contributed by atoms with E-state index in [4.69, 9.17) is 28.4 Å². The highest BCUT2D eigenvalue weighted by Gasteiger charge is 2.44. The molecule has 0 radical (unpaired) electrons. The van der Waals surface area contributed by atoms with Crippen LogP contribution in [0.3, 0.4) is 0 Å². The monoisotopic (exact) mass is 1020 g/mol.